The van der Waals surface area contributed by atoms with E-state index in [1.165, 1.54) is 30.1 Å². The van der Waals surface area contributed by atoms with Gasteiger partial charge in [0.15, 0.2) is 11.6 Å². The summed E-state index contributed by atoms with van der Waals surface area (Å²) in [5.41, 5.74) is 4.21. The van der Waals surface area contributed by atoms with Crippen molar-refractivity contribution in [1.29, 1.82) is 0 Å². The van der Waals surface area contributed by atoms with E-state index in [1.807, 2.05) is 12.1 Å². The van der Waals surface area contributed by atoms with Crippen molar-refractivity contribution in [3.05, 3.63) is 76.5 Å². The Morgan fingerprint density at radius 1 is 1.14 bits per heavy atom. The summed E-state index contributed by atoms with van der Waals surface area (Å²) in [5.74, 6) is -2.29. The molecule has 0 spiro atoms. The van der Waals surface area contributed by atoms with Crippen LogP contribution in [0.2, 0.25) is 5.02 Å². The molecule has 0 saturated carbocycles. The van der Waals surface area contributed by atoms with Crippen LogP contribution in [0.25, 0.3) is 33.1 Å². The number of likely N-dealkylation sites (tertiary alicyclic amines) is 1. The second-order valence-electron chi connectivity index (χ2n) is 11.0. The molecule has 0 unspecified atom stereocenters. The number of Topliss-reactive ketones (excluding diaryl/α,β-unsaturated/α-hetero) is 1. The fourth-order valence-corrected chi connectivity index (χ4v) is 6.31. The zero-order valence-corrected chi connectivity index (χ0v) is 24.1. The summed E-state index contributed by atoms with van der Waals surface area (Å²) in [7, 11) is 0. The number of nitrogens with zero attached hydrogens (tertiary/aromatic N) is 4. The number of hydrogen-bond acceptors (Lipinski definition) is 6. The summed E-state index contributed by atoms with van der Waals surface area (Å²) < 4.78 is 37.3. The van der Waals surface area contributed by atoms with Gasteiger partial charge in [0.25, 0.3) is 0 Å². The highest BCUT2D eigenvalue weighted by Crippen LogP contribution is 2.36. The van der Waals surface area contributed by atoms with Gasteiger partial charge in [0.1, 0.15) is 30.0 Å². The maximum Gasteiger partial charge on any atom is 0.247 e. The van der Waals surface area contributed by atoms with E-state index in [1.54, 1.807) is 18.2 Å². The minimum Gasteiger partial charge on any atom is -0.372 e. The number of ketones is 1. The number of amides is 2. The zero-order chi connectivity index (χ0) is 30.7. The number of carbonyl (C=O) groups is 3. The van der Waals surface area contributed by atoms with E-state index in [0.29, 0.717) is 40.7 Å². The minimum absolute atomic E-state index is 0.138. The Labute approximate surface area is 253 Å². The average molecular weight is 619 g/mol. The maximum absolute atomic E-state index is 15.7. The first-order valence-corrected chi connectivity index (χ1v) is 14.3. The Morgan fingerprint density at radius 3 is 2.73 bits per heavy atom. The van der Waals surface area contributed by atoms with Gasteiger partial charge in [0.05, 0.1) is 47.8 Å². The molecule has 13 heteroatoms. The number of ether oxygens (including phenoxy) is 1. The summed E-state index contributed by atoms with van der Waals surface area (Å²) >= 11 is 6.52. The number of hydrogen-bond donors (Lipinski definition) is 2. The SMILES string of the molecule is CC(=O)c1nn(CC(=O)N2C[C@H](F)C[C@H]2C(=O)Nc2cccc(-c3ccc4[nH]cnc4c3Cl)c2F)c2cc3c(cc12)COC3. The van der Waals surface area contributed by atoms with Gasteiger partial charge in [-0.1, -0.05) is 29.8 Å². The Kier molecular flexibility index (Phi) is 6.90. The molecule has 2 aliphatic heterocycles. The first-order chi connectivity index (χ1) is 21.2. The molecule has 10 nitrogen and oxygen atoms in total. The first-order valence-electron chi connectivity index (χ1n) is 14.0. The number of aromatic amines is 1. The number of nitrogens with one attached hydrogen (secondary N) is 2. The second-order valence-corrected chi connectivity index (χ2v) is 11.3. The minimum atomic E-state index is -1.45. The highest BCUT2D eigenvalue weighted by Gasteiger charge is 2.40. The molecule has 2 aromatic heterocycles. The molecule has 3 aromatic carbocycles. The van der Waals surface area contributed by atoms with E-state index >= 15 is 4.39 Å². The predicted octanol–water partition coefficient (Wildman–Crippen LogP) is 5.18. The summed E-state index contributed by atoms with van der Waals surface area (Å²) in [6, 6.07) is 10.3. The molecule has 2 amide bonds. The largest absolute Gasteiger partial charge is 0.372 e. The second kappa shape index (κ2) is 10.8. The summed E-state index contributed by atoms with van der Waals surface area (Å²) in [6.07, 6.45) is -0.213. The zero-order valence-electron chi connectivity index (χ0n) is 23.4. The van der Waals surface area contributed by atoms with E-state index in [2.05, 4.69) is 20.4 Å². The van der Waals surface area contributed by atoms with Crippen molar-refractivity contribution in [2.24, 2.45) is 0 Å². The molecule has 44 heavy (non-hydrogen) atoms. The third-order valence-corrected chi connectivity index (χ3v) is 8.54. The number of benzene rings is 3. The van der Waals surface area contributed by atoms with Crippen LogP contribution in [-0.4, -0.2) is 61.0 Å². The number of aromatic nitrogens is 4. The Balaban J connectivity index is 1.14. The van der Waals surface area contributed by atoms with Gasteiger partial charge < -0.3 is 19.9 Å². The molecule has 2 atom stereocenters. The number of carbonyl (C=O) groups excluding carboxylic acids is 3. The predicted molar refractivity (Wildman–Crippen MR) is 158 cm³/mol. The molecule has 224 valence electrons. The Bertz CT molecular complexity index is 2010. The molecule has 2 N–H and O–H groups in total. The quantitative estimate of drug-likeness (QED) is 0.253. The van der Waals surface area contributed by atoms with Crippen molar-refractivity contribution in [2.75, 3.05) is 11.9 Å². The van der Waals surface area contributed by atoms with Crippen molar-refractivity contribution in [3.8, 4) is 11.1 Å². The van der Waals surface area contributed by atoms with Crippen LogP contribution in [0, 0.1) is 5.82 Å². The summed E-state index contributed by atoms with van der Waals surface area (Å²) in [5, 5.41) is 7.77. The molecular weight excluding hydrogens is 594 g/mol. The van der Waals surface area contributed by atoms with Gasteiger partial charge in [-0.2, -0.15) is 5.10 Å². The highest BCUT2D eigenvalue weighted by molar-refractivity contribution is 6.37. The molecule has 2 aliphatic rings. The number of alkyl halides is 1. The average Bonchev–Trinajstić information content (AvgIpc) is 3.79. The maximum atomic E-state index is 15.7. The van der Waals surface area contributed by atoms with Crippen LogP contribution in [0.15, 0.2) is 48.8 Å². The summed E-state index contributed by atoms with van der Waals surface area (Å²) in [6.45, 7) is 1.59. The molecule has 0 radical (unpaired) electrons. The first kappa shape index (κ1) is 28.1. The van der Waals surface area contributed by atoms with Gasteiger partial charge in [-0.3, -0.25) is 19.1 Å². The van der Waals surface area contributed by atoms with E-state index in [0.717, 1.165) is 16.0 Å². The van der Waals surface area contributed by atoms with Crippen LogP contribution in [-0.2, 0) is 34.1 Å². The molecule has 5 aromatic rings. The molecule has 1 saturated heterocycles. The molecule has 7 rings (SSSR count). The summed E-state index contributed by atoms with van der Waals surface area (Å²) in [4.78, 5) is 47.5. The van der Waals surface area contributed by atoms with Crippen molar-refractivity contribution in [1.82, 2.24) is 24.6 Å². The van der Waals surface area contributed by atoms with Gasteiger partial charge in [-0.15, -0.1) is 0 Å². The molecular formula is C31H25ClF2N6O4. The lowest BCUT2D eigenvalue weighted by molar-refractivity contribution is -0.137. The highest BCUT2D eigenvalue weighted by atomic mass is 35.5. The van der Waals surface area contributed by atoms with E-state index in [-0.39, 0.29) is 47.3 Å². The monoisotopic (exact) mass is 618 g/mol. The third-order valence-electron chi connectivity index (χ3n) is 8.16. The van der Waals surface area contributed by atoms with Crippen LogP contribution in [0.5, 0.6) is 0 Å². The lowest BCUT2D eigenvalue weighted by Crippen LogP contribution is -2.44. The number of H-pyrrole nitrogens is 1. The van der Waals surface area contributed by atoms with E-state index in [4.69, 9.17) is 16.3 Å². The van der Waals surface area contributed by atoms with Crippen molar-refractivity contribution >= 4 is 56.8 Å². The number of halogens is 3. The van der Waals surface area contributed by atoms with Crippen LogP contribution < -0.4 is 5.32 Å². The van der Waals surface area contributed by atoms with E-state index < -0.39 is 29.8 Å². The fraction of sp³-hybridized carbons (Fsp3) is 0.258. The lowest BCUT2D eigenvalue weighted by atomic mass is 10.0. The van der Waals surface area contributed by atoms with Gasteiger partial charge >= 0.3 is 0 Å². The number of imidazole rings is 1. The Morgan fingerprint density at radius 2 is 1.93 bits per heavy atom. The number of anilines is 1. The van der Waals surface area contributed by atoms with Crippen molar-refractivity contribution < 1.29 is 27.9 Å². The normalized spacial score (nSPS) is 17.9. The number of fused-ring (bicyclic) bond motifs is 3. The smallest absolute Gasteiger partial charge is 0.247 e. The molecule has 4 heterocycles. The van der Waals surface area contributed by atoms with Crippen LogP contribution in [0.4, 0.5) is 14.5 Å². The lowest BCUT2D eigenvalue weighted by Gasteiger charge is -2.24. The van der Waals surface area contributed by atoms with Gasteiger partial charge in [-0.25, -0.2) is 13.8 Å². The molecule has 0 aliphatic carbocycles. The van der Waals surface area contributed by atoms with Crippen LogP contribution in [0.3, 0.4) is 0 Å². The van der Waals surface area contributed by atoms with Crippen LogP contribution in [0.1, 0.15) is 35.0 Å². The van der Waals surface area contributed by atoms with Gasteiger partial charge in [0, 0.05) is 29.9 Å². The molecule has 0 bridgehead atoms. The van der Waals surface area contributed by atoms with Crippen LogP contribution >= 0.6 is 11.6 Å². The standard InChI is InChI=1S/C31H25ClF2N6O4/c1-15(41)29-21-7-16-12-44-13-17(16)8-24(21)40(38-29)11-26(42)39-10-18(33)9-25(39)31(43)37-22-4-2-3-20(28(22)34)19-5-6-23-30(27(19)32)36-14-35-23/h2-8,14,18,25H,9-13H2,1H3,(H,35,36)(H,37,43)/t18-,25+/m1/s1. The van der Waals surface area contributed by atoms with E-state index in [9.17, 15) is 18.8 Å². The molecule has 1 fully saturated rings. The van der Waals surface area contributed by atoms with Gasteiger partial charge in [0.2, 0.25) is 11.8 Å². The third kappa shape index (κ3) is 4.70. The number of rotatable bonds is 6. The fourth-order valence-electron chi connectivity index (χ4n) is 5.99. The van der Waals surface area contributed by atoms with Gasteiger partial charge in [-0.05, 0) is 35.4 Å². The topological polar surface area (TPSA) is 122 Å². The Hall–Kier alpha value is -4.68. The van der Waals surface area contributed by atoms with Crippen molar-refractivity contribution in [2.45, 2.75) is 45.3 Å². The van der Waals surface area contributed by atoms with Crippen molar-refractivity contribution in [3.63, 3.8) is 0 Å².